The van der Waals surface area contributed by atoms with Crippen LogP contribution in [0, 0.1) is 0 Å². The first-order valence-corrected chi connectivity index (χ1v) is 8.05. The van der Waals surface area contributed by atoms with Crippen molar-refractivity contribution >= 4 is 17.3 Å². The van der Waals surface area contributed by atoms with Gasteiger partial charge in [-0.25, -0.2) is 0 Å². The molecule has 24 heavy (non-hydrogen) atoms. The molecule has 0 fully saturated rings. The number of carbonyl (C=O) groups is 2. The Morgan fingerprint density at radius 3 is 1.75 bits per heavy atom. The van der Waals surface area contributed by atoms with E-state index in [1.165, 1.54) is 0 Å². The van der Waals surface area contributed by atoms with Crippen LogP contribution in [-0.4, -0.2) is 22.3 Å². The number of nitrogens with zero attached hydrogens (tertiary/aromatic N) is 2. The number of hydrazone groups is 1. The van der Waals surface area contributed by atoms with Gasteiger partial charge in [0.2, 0.25) is 11.6 Å². The zero-order valence-electron chi connectivity index (χ0n) is 14.1. The lowest BCUT2D eigenvalue weighted by Gasteiger charge is -2.20. The summed E-state index contributed by atoms with van der Waals surface area (Å²) in [5.41, 5.74) is 2.42. The van der Waals surface area contributed by atoms with Gasteiger partial charge in [0.15, 0.2) is 0 Å². The second-order valence-corrected chi connectivity index (χ2v) is 5.59. The van der Waals surface area contributed by atoms with E-state index < -0.39 is 11.6 Å². The average molecular weight is 322 g/mol. The van der Waals surface area contributed by atoms with Crippen LogP contribution in [0.3, 0.4) is 0 Å². The first-order valence-electron chi connectivity index (χ1n) is 8.05. The minimum absolute atomic E-state index is 0.197. The van der Waals surface area contributed by atoms with E-state index >= 15 is 0 Å². The zero-order chi connectivity index (χ0) is 17.4. The van der Waals surface area contributed by atoms with E-state index in [2.05, 4.69) is 5.10 Å². The molecule has 0 N–H and O–H groups in total. The number of carbonyl (C=O) groups excluding carboxylic acids is 2. The molecule has 0 amide bonds. The van der Waals surface area contributed by atoms with Gasteiger partial charge in [-0.3, -0.25) is 14.6 Å². The molecule has 2 rings (SSSR count). The van der Waals surface area contributed by atoms with Crippen LogP contribution in [0.2, 0.25) is 0 Å². The normalized spacial score (nSPS) is 11.2. The molecule has 0 spiro atoms. The molecule has 124 valence electrons. The highest BCUT2D eigenvalue weighted by molar-refractivity contribution is 6.64. The Labute approximate surface area is 142 Å². The predicted molar refractivity (Wildman–Crippen MR) is 95.5 cm³/mol. The van der Waals surface area contributed by atoms with Crippen molar-refractivity contribution in [3.8, 4) is 0 Å². The van der Waals surface area contributed by atoms with Crippen molar-refractivity contribution in [2.24, 2.45) is 5.10 Å². The number of hydrogen-bond donors (Lipinski definition) is 0. The highest BCUT2D eigenvalue weighted by Gasteiger charge is 2.16. The smallest absolute Gasteiger partial charge is 0.244 e. The number of ketones is 2. The summed E-state index contributed by atoms with van der Waals surface area (Å²) in [6.07, 6.45) is 0.197. The van der Waals surface area contributed by atoms with Crippen molar-refractivity contribution in [3.05, 3.63) is 71.8 Å². The van der Waals surface area contributed by atoms with Crippen molar-refractivity contribution in [1.29, 1.82) is 0 Å². The summed E-state index contributed by atoms with van der Waals surface area (Å²) in [5.74, 6) is -0.917. The predicted octanol–water partition coefficient (Wildman–Crippen LogP) is 3.61. The van der Waals surface area contributed by atoms with E-state index in [0.29, 0.717) is 13.1 Å². The molecule has 0 saturated carbocycles. The molecule has 0 heterocycles. The minimum Gasteiger partial charge on any atom is -0.290 e. The van der Waals surface area contributed by atoms with E-state index in [-0.39, 0.29) is 12.1 Å². The van der Waals surface area contributed by atoms with E-state index in [1.54, 1.807) is 13.8 Å². The summed E-state index contributed by atoms with van der Waals surface area (Å²) in [6.45, 7) is 4.42. The van der Waals surface area contributed by atoms with Gasteiger partial charge < -0.3 is 0 Å². The van der Waals surface area contributed by atoms with Crippen LogP contribution in [0.25, 0.3) is 0 Å². The van der Waals surface area contributed by atoms with Gasteiger partial charge in [0.05, 0.1) is 13.1 Å². The third-order valence-corrected chi connectivity index (χ3v) is 3.61. The molecule has 4 heteroatoms. The third-order valence-electron chi connectivity index (χ3n) is 3.61. The Morgan fingerprint density at radius 2 is 1.33 bits per heavy atom. The summed E-state index contributed by atoms with van der Waals surface area (Å²) in [5, 5.41) is 6.24. The number of Topliss-reactive ketones (excluding diaryl/α,β-unsaturated/α-hetero) is 2. The van der Waals surface area contributed by atoms with Gasteiger partial charge in [-0.1, -0.05) is 67.6 Å². The van der Waals surface area contributed by atoms with Crippen LogP contribution < -0.4 is 0 Å². The molecule has 2 aromatic carbocycles. The Bertz CT molecular complexity index is 667. The molecule has 0 radical (unpaired) electrons. The van der Waals surface area contributed by atoms with Crippen molar-refractivity contribution in [3.63, 3.8) is 0 Å². The number of rotatable bonds is 8. The molecule has 0 unspecified atom stereocenters. The lowest BCUT2D eigenvalue weighted by Crippen LogP contribution is -2.25. The molecule has 0 bridgehead atoms. The van der Waals surface area contributed by atoms with Crippen LogP contribution in [0.5, 0.6) is 0 Å². The first-order chi connectivity index (χ1) is 11.6. The fourth-order valence-corrected chi connectivity index (χ4v) is 2.33. The molecule has 0 aliphatic carbocycles. The molecular formula is C20H22N2O2. The summed E-state index contributed by atoms with van der Waals surface area (Å²) >= 11 is 0. The lowest BCUT2D eigenvalue weighted by atomic mass is 10.1. The highest BCUT2D eigenvalue weighted by atomic mass is 16.2. The maximum Gasteiger partial charge on any atom is 0.244 e. The lowest BCUT2D eigenvalue weighted by molar-refractivity contribution is -0.132. The van der Waals surface area contributed by atoms with Crippen LogP contribution in [0.4, 0.5) is 0 Å². The van der Waals surface area contributed by atoms with Gasteiger partial charge in [0.25, 0.3) is 0 Å². The highest BCUT2D eigenvalue weighted by Crippen LogP contribution is 2.11. The summed E-state index contributed by atoms with van der Waals surface area (Å²) in [4.78, 5) is 23.6. The monoisotopic (exact) mass is 322 g/mol. The first kappa shape index (κ1) is 17.6. The quantitative estimate of drug-likeness (QED) is 0.424. The van der Waals surface area contributed by atoms with Gasteiger partial charge in [0.1, 0.15) is 5.71 Å². The molecule has 0 saturated heterocycles. The second kappa shape index (κ2) is 8.77. The fraction of sp³-hybridized carbons (Fsp3) is 0.250. The number of benzene rings is 2. The molecule has 0 aliphatic heterocycles. The van der Waals surface area contributed by atoms with E-state index in [4.69, 9.17) is 0 Å². The third kappa shape index (κ3) is 5.16. The van der Waals surface area contributed by atoms with Gasteiger partial charge in [0, 0.05) is 6.42 Å². The zero-order valence-corrected chi connectivity index (χ0v) is 14.1. The van der Waals surface area contributed by atoms with E-state index in [9.17, 15) is 9.59 Å². The van der Waals surface area contributed by atoms with E-state index in [1.807, 2.05) is 65.7 Å². The molecule has 0 aromatic heterocycles. The van der Waals surface area contributed by atoms with Crippen LogP contribution in [0.1, 0.15) is 31.4 Å². The molecule has 0 atom stereocenters. The van der Waals surface area contributed by atoms with Crippen molar-refractivity contribution < 1.29 is 9.59 Å². The van der Waals surface area contributed by atoms with Gasteiger partial charge in [-0.15, -0.1) is 0 Å². The van der Waals surface area contributed by atoms with Crippen LogP contribution in [0.15, 0.2) is 65.8 Å². The van der Waals surface area contributed by atoms with Crippen molar-refractivity contribution in [1.82, 2.24) is 5.01 Å². The number of hydrogen-bond acceptors (Lipinski definition) is 4. The van der Waals surface area contributed by atoms with E-state index in [0.717, 1.165) is 11.1 Å². The molecule has 0 aliphatic rings. The fourth-order valence-electron chi connectivity index (χ4n) is 2.33. The Morgan fingerprint density at radius 1 is 0.875 bits per heavy atom. The van der Waals surface area contributed by atoms with Gasteiger partial charge in [-0.2, -0.15) is 5.10 Å². The van der Waals surface area contributed by atoms with Crippen molar-refractivity contribution in [2.75, 3.05) is 0 Å². The minimum atomic E-state index is -0.511. The molecular weight excluding hydrogens is 300 g/mol. The van der Waals surface area contributed by atoms with Crippen molar-refractivity contribution in [2.45, 2.75) is 33.4 Å². The largest absolute Gasteiger partial charge is 0.290 e. The Balaban J connectivity index is 2.21. The Hall–Kier alpha value is -2.75. The summed E-state index contributed by atoms with van der Waals surface area (Å²) in [7, 11) is 0. The standard InChI is InChI=1S/C20H22N2O2/c1-3-19(23)20(24)16(2)21-22(14-17-10-6-4-7-11-17)15-18-12-8-5-9-13-18/h4-13H,3,14-15H2,1-2H3. The summed E-state index contributed by atoms with van der Waals surface area (Å²) < 4.78 is 0. The second-order valence-electron chi connectivity index (χ2n) is 5.59. The Kier molecular flexibility index (Phi) is 6.43. The average Bonchev–Trinajstić information content (AvgIpc) is 2.62. The SMILES string of the molecule is CCC(=O)C(=O)C(C)=NN(Cc1ccccc1)Cc1ccccc1. The molecule has 4 nitrogen and oxygen atoms in total. The van der Waals surface area contributed by atoms with Crippen LogP contribution in [-0.2, 0) is 22.7 Å². The summed E-state index contributed by atoms with van der Waals surface area (Å²) in [6, 6.07) is 19.9. The van der Waals surface area contributed by atoms with Gasteiger partial charge in [-0.05, 0) is 18.1 Å². The maximum absolute atomic E-state index is 12.0. The topological polar surface area (TPSA) is 49.7 Å². The van der Waals surface area contributed by atoms with Crippen LogP contribution >= 0.6 is 0 Å². The maximum atomic E-state index is 12.0. The molecule has 2 aromatic rings. The van der Waals surface area contributed by atoms with Gasteiger partial charge >= 0.3 is 0 Å².